The predicted molar refractivity (Wildman–Crippen MR) is 174 cm³/mol. The van der Waals surface area contributed by atoms with E-state index in [4.69, 9.17) is 21.1 Å². The van der Waals surface area contributed by atoms with Gasteiger partial charge in [-0.15, -0.1) is 0 Å². The number of aromatic nitrogens is 2. The summed E-state index contributed by atoms with van der Waals surface area (Å²) < 4.78 is 13.0. The highest BCUT2D eigenvalue weighted by atomic mass is 35.5. The van der Waals surface area contributed by atoms with E-state index in [0.717, 1.165) is 10.1 Å². The minimum absolute atomic E-state index is 0.0420. The Morgan fingerprint density at radius 3 is 2.27 bits per heavy atom. The Morgan fingerprint density at radius 1 is 0.800 bits per heavy atom. The van der Waals surface area contributed by atoms with Crippen molar-refractivity contribution < 1.29 is 19.1 Å². The molecule has 0 bridgehead atoms. The van der Waals surface area contributed by atoms with Gasteiger partial charge in [0.1, 0.15) is 6.54 Å². The van der Waals surface area contributed by atoms with Crippen molar-refractivity contribution in [3.8, 4) is 11.5 Å². The third-order valence-electron chi connectivity index (χ3n) is 7.25. The third kappa shape index (κ3) is 7.25. The summed E-state index contributed by atoms with van der Waals surface area (Å²) in [5.41, 5.74) is 1.80. The van der Waals surface area contributed by atoms with Gasteiger partial charge < -0.3 is 20.1 Å². The van der Waals surface area contributed by atoms with Gasteiger partial charge in [0.05, 0.1) is 31.7 Å². The zero-order valence-electron chi connectivity index (χ0n) is 24.7. The molecule has 0 aliphatic heterocycles. The average molecular weight is 627 g/mol. The van der Waals surface area contributed by atoms with Gasteiger partial charge in [0, 0.05) is 22.8 Å². The minimum atomic E-state index is -0.628. The van der Waals surface area contributed by atoms with E-state index in [9.17, 15) is 19.2 Å². The van der Waals surface area contributed by atoms with Crippen LogP contribution in [0.25, 0.3) is 10.9 Å². The van der Waals surface area contributed by atoms with Gasteiger partial charge in [-0.3, -0.25) is 23.5 Å². The fourth-order valence-corrected chi connectivity index (χ4v) is 5.17. The summed E-state index contributed by atoms with van der Waals surface area (Å²) in [6.07, 6.45) is 0.596. The Kier molecular flexibility index (Phi) is 9.64. The van der Waals surface area contributed by atoms with Gasteiger partial charge in [-0.1, -0.05) is 48.0 Å². The maximum absolute atomic E-state index is 13.6. The van der Waals surface area contributed by atoms with Gasteiger partial charge in [0.15, 0.2) is 11.5 Å². The van der Waals surface area contributed by atoms with Gasteiger partial charge in [0.2, 0.25) is 5.91 Å². The van der Waals surface area contributed by atoms with Crippen molar-refractivity contribution in [1.82, 2.24) is 14.5 Å². The molecule has 230 valence electrons. The van der Waals surface area contributed by atoms with Crippen LogP contribution in [-0.4, -0.2) is 41.7 Å². The van der Waals surface area contributed by atoms with E-state index in [0.29, 0.717) is 57.2 Å². The van der Waals surface area contributed by atoms with Gasteiger partial charge in [-0.05, 0) is 72.1 Å². The Balaban J connectivity index is 1.30. The molecule has 5 rings (SSSR count). The van der Waals surface area contributed by atoms with Crippen molar-refractivity contribution in [3.63, 3.8) is 0 Å². The molecule has 5 aromatic rings. The van der Waals surface area contributed by atoms with Crippen molar-refractivity contribution in [2.24, 2.45) is 0 Å². The maximum atomic E-state index is 13.6. The number of anilines is 1. The molecule has 0 aliphatic rings. The Morgan fingerprint density at radius 2 is 1.53 bits per heavy atom. The molecule has 0 radical (unpaired) electrons. The van der Waals surface area contributed by atoms with Gasteiger partial charge in [-0.2, -0.15) is 0 Å². The van der Waals surface area contributed by atoms with Crippen molar-refractivity contribution in [2.45, 2.75) is 19.5 Å². The number of carbonyl (C=O) groups is 2. The molecule has 11 heteroatoms. The van der Waals surface area contributed by atoms with E-state index < -0.39 is 17.2 Å². The molecule has 0 fully saturated rings. The summed E-state index contributed by atoms with van der Waals surface area (Å²) in [4.78, 5) is 52.6. The number of nitrogens with zero attached hydrogens (tertiary/aromatic N) is 2. The fraction of sp³-hybridized carbons (Fsp3) is 0.176. The standard InChI is InChI=1S/C34H31ClN4O6/c1-44-29-15-12-22(18-30(29)45-2)16-17-36-32(41)24-13-10-23(11-14-24)20-39-33(42)27-8-3-4-9-28(27)38(34(39)43)21-31(40)37-26-7-5-6-25(35)19-26/h3-15,18-19H,16-17,20-21H2,1-2H3,(H,36,41)(H,37,40). The summed E-state index contributed by atoms with van der Waals surface area (Å²) in [5, 5.41) is 6.40. The molecule has 10 nitrogen and oxygen atoms in total. The summed E-state index contributed by atoms with van der Waals surface area (Å²) in [6.45, 7) is 0.0567. The maximum Gasteiger partial charge on any atom is 0.332 e. The van der Waals surface area contributed by atoms with Crippen molar-refractivity contribution in [3.05, 3.63) is 134 Å². The first kappa shape index (κ1) is 31.1. The van der Waals surface area contributed by atoms with Gasteiger partial charge in [0.25, 0.3) is 11.5 Å². The number of hydrogen-bond donors (Lipinski definition) is 2. The quantitative estimate of drug-likeness (QED) is 0.223. The number of nitrogens with one attached hydrogen (secondary N) is 2. The Labute approximate surface area is 263 Å². The minimum Gasteiger partial charge on any atom is -0.493 e. The molecule has 2 N–H and O–H groups in total. The van der Waals surface area contributed by atoms with Crippen LogP contribution in [0.5, 0.6) is 11.5 Å². The average Bonchev–Trinajstić information content (AvgIpc) is 3.05. The van der Waals surface area contributed by atoms with Crippen LogP contribution in [0.2, 0.25) is 5.02 Å². The van der Waals surface area contributed by atoms with E-state index >= 15 is 0 Å². The van der Waals surface area contributed by atoms with Crippen molar-refractivity contribution in [2.75, 3.05) is 26.1 Å². The molecule has 4 aromatic carbocycles. The lowest BCUT2D eigenvalue weighted by atomic mass is 10.1. The topological polar surface area (TPSA) is 121 Å². The van der Waals surface area contributed by atoms with Crippen LogP contribution >= 0.6 is 11.6 Å². The second-order valence-electron chi connectivity index (χ2n) is 10.2. The van der Waals surface area contributed by atoms with E-state index in [1.807, 2.05) is 18.2 Å². The normalized spacial score (nSPS) is 10.8. The van der Waals surface area contributed by atoms with Crippen LogP contribution < -0.4 is 31.4 Å². The molecule has 1 aromatic heterocycles. The van der Waals surface area contributed by atoms with Crippen LogP contribution in [0.1, 0.15) is 21.5 Å². The highest BCUT2D eigenvalue weighted by Crippen LogP contribution is 2.27. The summed E-state index contributed by atoms with van der Waals surface area (Å²) >= 11 is 6.02. The number of fused-ring (bicyclic) bond motifs is 1. The number of para-hydroxylation sites is 1. The first-order valence-corrected chi connectivity index (χ1v) is 14.5. The summed E-state index contributed by atoms with van der Waals surface area (Å²) in [5.74, 6) is 0.554. The zero-order chi connectivity index (χ0) is 31.9. The first-order chi connectivity index (χ1) is 21.8. The number of carbonyl (C=O) groups excluding carboxylic acids is 2. The highest BCUT2D eigenvalue weighted by Gasteiger charge is 2.16. The lowest BCUT2D eigenvalue weighted by Gasteiger charge is -2.14. The molecule has 0 saturated carbocycles. The first-order valence-electron chi connectivity index (χ1n) is 14.1. The molecule has 45 heavy (non-hydrogen) atoms. The lowest BCUT2D eigenvalue weighted by Crippen LogP contribution is -2.42. The van der Waals surface area contributed by atoms with Gasteiger partial charge >= 0.3 is 5.69 Å². The molecule has 0 atom stereocenters. The number of rotatable bonds is 11. The number of methoxy groups -OCH3 is 2. The number of halogens is 1. The molecular weight excluding hydrogens is 596 g/mol. The zero-order valence-corrected chi connectivity index (χ0v) is 25.5. The SMILES string of the molecule is COc1ccc(CCNC(=O)c2ccc(Cn3c(=O)c4ccccc4n(CC(=O)Nc4cccc(Cl)c4)c3=O)cc2)cc1OC. The number of amides is 2. The highest BCUT2D eigenvalue weighted by molar-refractivity contribution is 6.30. The van der Waals surface area contributed by atoms with Crippen LogP contribution in [0.3, 0.4) is 0 Å². The number of benzene rings is 4. The van der Waals surface area contributed by atoms with Crippen molar-refractivity contribution in [1.29, 1.82) is 0 Å². The van der Waals surface area contributed by atoms with E-state index in [1.54, 1.807) is 87.0 Å². The second kappa shape index (κ2) is 14.0. The summed E-state index contributed by atoms with van der Waals surface area (Å²) in [6, 6.07) is 25.6. The third-order valence-corrected chi connectivity index (χ3v) is 7.48. The monoisotopic (exact) mass is 626 g/mol. The van der Waals surface area contributed by atoms with Gasteiger partial charge in [-0.25, -0.2) is 4.79 Å². The van der Waals surface area contributed by atoms with Crippen LogP contribution in [-0.2, 0) is 24.3 Å². The molecule has 0 saturated heterocycles. The molecular formula is C34H31ClN4O6. The van der Waals surface area contributed by atoms with Crippen LogP contribution in [0.15, 0.2) is 101 Å². The molecule has 0 spiro atoms. The number of hydrogen-bond acceptors (Lipinski definition) is 6. The second-order valence-corrected chi connectivity index (χ2v) is 10.7. The summed E-state index contributed by atoms with van der Waals surface area (Å²) in [7, 11) is 3.14. The van der Waals surface area contributed by atoms with E-state index in [1.165, 1.54) is 4.57 Å². The van der Waals surface area contributed by atoms with Crippen molar-refractivity contribution >= 4 is 40.0 Å². The van der Waals surface area contributed by atoms with Crippen LogP contribution in [0, 0.1) is 0 Å². The molecule has 0 unspecified atom stereocenters. The van der Waals surface area contributed by atoms with E-state index in [2.05, 4.69) is 10.6 Å². The largest absolute Gasteiger partial charge is 0.493 e. The van der Waals surface area contributed by atoms with E-state index in [-0.39, 0.29) is 19.0 Å². The fourth-order valence-electron chi connectivity index (χ4n) is 4.98. The molecule has 2 amide bonds. The smallest absolute Gasteiger partial charge is 0.332 e. The number of ether oxygens (including phenoxy) is 2. The Hall–Kier alpha value is -5.35. The molecule has 0 aliphatic carbocycles. The van der Waals surface area contributed by atoms with Crippen LogP contribution in [0.4, 0.5) is 5.69 Å². The molecule has 1 heterocycles. The Bertz CT molecular complexity index is 1980. The predicted octanol–water partition coefficient (Wildman–Crippen LogP) is 4.49. The lowest BCUT2D eigenvalue weighted by molar-refractivity contribution is -0.116.